The van der Waals surface area contributed by atoms with Gasteiger partial charge in [-0.15, -0.1) is 11.8 Å². The molecule has 0 aliphatic heterocycles. The van der Waals surface area contributed by atoms with Crippen molar-refractivity contribution < 1.29 is 0 Å². The summed E-state index contributed by atoms with van der Waals surface area (Å²) in [6.45, 7) is 0. The summed E-state index contributed by atoms with van der Waals surface area (Å²) in [6.07, 6.45) is 3.38. The van der Waals surface area contributed by atoms with Gasteiger partial charge in [-0.25, -0.2) is 9.97 Å². The second-order valence-electron chi connectivity index (χ2n) is 4.74. The third-order valence-electron chi connectivity index (χ3n) is 3.41. The Morgan fingerprint density at radius 2 is 2.10 bits per heavy atom. The third kappa shape index (κ3) is 2.83. The first-order valence-corrected chi connectivity index (χ1v) is 8.49. The van der Waals surface area contributed by atoms with Gasteiger partial charge in [0.15, 0.2) is 0 Å². The lowest BCUT2D eigenvalue weighted by atomic mass is 10.2. The van der Waals surface area contributed by atoms with E-state index in [4.69, 9.17) is 4.98 Å². The van der Waals surface area contributed by atoms with Crippen molar-refractivity contribution in [3.63, 3.8) is 0 Å². The number of aromatic nitrogens is 2. The first kappa shape index (κ1) is 13.9. The molecule has 3 rings (SSSR count). The molecule has 2 aromatic rings. The second-order valence-corrected chi connectivity index (χ2v) is 6.61. The highest BCUT2D eigenvalue weighted by molar-refractivity contribution is 9.10. The standard InChI is InChI=1S/C15H16BrN3S/c1-17-15-10-5-4-7-12(10)18-14(19-15)9-20-13-8-3-2-6-11(13)16/h2-3,6,8H,4-5,7,9H2,1H3,(H,17,18,19). The van der Waals surface area contributed by atoms with Crippen molar-refractivity contribution >= 4 is 33.5 Å². The van der Waals surface area contributed by atoms with Crippen molar-refractivity contribution in [1.82, 2.24) is 9.97 Å². The van der Waals surface area contributed by atoms with E-state index in [0.717, 1.165) is 34.7 Å². The molecule has 0 saturated heterocycles. The Morgan fingerprint density at radius 1 is 1.25 bits per heavy atom. The lowest BCUT2D eigenvalue weighted by Gasteiger charge is -2.09. The number of benzene rings is 1. The molecule has 20 heavy (non-hydrogen) atoms. The van der Waals surface area contributed by atoms with Crippen LogP contribution in [0.2, 0.25) is 0 Å². The van der Waals surface area contributed by atoms with Gasteiger partial charge < -0.3 is 5.32 Å². The van der Waals surface area contributed by atoms with Crippen LogP contribution in [0, 0.1) is 0 Å². The summed E-state index contributed by atoms with van der Waals surface area (Å²) in [5, 5.41) is 3.21. The summed E-state index contributed by atoms with van der Waals surface area (Å²) in [6, 6.07) is 8.25. The summed E-state index contributed by atoms with van der Waals surface area (Å²) in [5.74, 6) is 2.72. The average Bonchev–Trinajstić information content (AvgIpc) is 2.94. The van der Waals surface area contributed by atoms with E-state index in [1.54, 1.807) is 11.8 Å². The van der Waals surface area contributed by atoms with E-state index >= 15 is 0 Å². The van der Waals surface area contributed by atoms with Gasteiger partial charge in [0, 0.05) is 27.7 Å². The monoisotopic (exact) mass is 349 g/mol. The summed E-state index contributed by atoms with van der Waals surface area (Å²) >= 11 is 5.34. The predicted molar refractivity (Wildman–Crippen MR) is 87.3 cm³/mol. The van der Waals surface area contributed by atoms with Crippen LogP contribution in [0.15, 0.2) is 33.6 Å². The van der Waals surface area contributed by atoms with Crippen LogP contribution in [-0.4, -0.2) is 17.0 Å². The molecule has 104 valence electrons. The highest BCUT2D eigenvalue weighted by atomic mass is 79.9. The maximum atomic E-state index is 4.72. The van der Waals surface area contributed by atoms with E-state index in [1.165, 1.54) is 22.6 Å². The molecule has 1 aliphatic rings. The summed E-state index contributed by atoms with van der Waals surface area (Å²) < 4.78 is 1.13. The largest absolute Gasteiger partial charge is 0.373 e. The highest BCUT2D eigenvalue weighted by Gasteiger charge is 2.18. The number of nitrogens with zero attached hydrogens (tertiary/aromatic N) is 2. The Balaban J connectivity index is 1.80. The summed E-state index contributed by atoms with van der Waals surface area (Å²) in [4.78, 5) is 10.6. The van der Waals surface area contributed by atoms with E-state index in [9.17, 15) is 0 Å². The minimum Gasteiger partial charge on any atom is -0.373 e. The molecular weight excluding hydrogens is 334 g/mol. The van der Waals surface area contributed by atoms with E-state index < -0.39 is 0 Å². The molecule has 0 bridgehead atoms. The molecule has 1 N–H and O–H groups in total. The van der Waals surface area contributed by atoms with Crippen LogP contribution in [0.4, 0.5) is 5.82 Å². The molecule has 0 saturated carbocycles. The van der Waals surface area contributed by atoms with Crippen LogP contribution in [-0.2, 0) is 18.6 Å². The van der Waals surface area contributed by atoms with E-state index in [2.05, 4.69) is 44.4 Å². The Hall–Kier alpha value is -1.07. The number of hydrogen-bond donors (Lipinski definition) is 1. The lowest BCUT2D eigenvalue weighted by Crippen LogP contribution is -2.05. The van der Waals surface area contributed by atoms with Gasteiger partial charge in [-0.1, -0.05) is 12.1 Å². The molecular formula is C15H16BrN3S. The van der Waals surface area contributed by atoms with E-state index in [-0.39, 0.29) is 0 Å². The summed E-state index contributed by atoms with van der Waals surface area (Å²) in [5.41, 5.74) is 2.54. The molecule has 1 aliphatic carbocycles. The first-order valence-electron chi connectivity index (χ1n) is 6.71. The van der Waals surface area contributed by atoms with Gasteiger partial charge in [0.1, 0.15) is 11.6 Å². The van der Waals surface area contributed by atoms with Gasteiger partial charge in [-0.05, 0) is 47.3 Å². The number of halogens is 1. The summed E-state index contributed by atoms with van der Waals surface area (Å²) in [7, 11) is 1.94. The van der Waals surface area contributed by atoms with Crippen LogP contribution >= 0.6 is 27.7 Å². The fourth-order valence-corrected chi connectivity index (χ4v) is 3.88. The molecule has 1 aromatic carbocycles. The number of rotatable bonds is 4. The zero-order chi connectivity index (χ0) is 13.9. The molecule has 1 aromatic heterocycles. The van der Waals surface area contributed by atoms with Crippen LogP contribution in [0.1, 0.15) is 23.5 Å². The maximum Gasteiger partial charge on any atom is 0.141 e. The quantitative estimate of drug-likeness (QED) is 0.844. The number of nitrogens with one attached hydrogen (secondary N) is 1. The lowest BCUT2D eigenvalue weighted by molar-refractivity contribution is 0.893. The van der Waals surface area contributed by atoms with Crippen molar-refractivity contribution in [3.8, 4) is 0 Å². The molecule has 5 heteroatoms. The minimum absolute atomic E-state index is 0.796. The fourth-order valence-electron chi connectivity index (χ4n) is 2.46. The van der Waals surface area contributed by atoms with Crippen molar-refractivity contribution in [2.45, 2.75) is 29.9 Å². The molecule has 0 spiro atoms. The topological polar surface area (TPSA) is 37.8 Å². The Bertz CT molecular complexity index is 631. The third-order valence-corrected chi connectivity index (χ3v) is 5.43. The second kappa shape index (κ2) is 6.14. The van der Waals surface area contributed by atoms with Crippen molar-refractivity contribution in [2.75, 3.05) is 12.4 Å². The van der Waals surface area contributed by atoms with Crippen molar-refractivity contribution in [1.29, 1.82) is 0 Å². The van der Waals surface area contributed by atoms with Crippen LogP contribution in [0.25, 0.3) is 0 Å². The molecule has 0 atom stereocenters. The zero-order valence-corrected chi connectivity index (χ0v) is 13.7. The average molecular weight is 350 g/mol. The molecule has 0 amide bonds. The van der Waals surface area contributed by atoms with E-state index in [0.29, 0.717) is 0 Å². The Kier molecular flexibility index (Phi) is 4.27. The minimum atomic E-state index is 0.796. The molecule has 3 nitrogen and oxygen atoms in total. The number of fused-ring (bicyclic) bond motifs is 1. The predicted octanol–water partition coefficient (Wildman–Crippen LogP) is 4.06. The first-order chi connectivity index (χ1) is 9.78. The number of hydrogen-bond acceptors (Lipinski definition) is 4. The van der Waals surface area contributed by atoms with Gasteiger partial charge in [0.05, 0.1) is 5.75 Å². The van der Waals surface area contributed by atoms with Gasteiger partial charge in [-0.2, -0.15) is 0 Å². The van der Waals surface area contributed by atoms with Crippen LogP contribution in [0.3, 0.4) is 0 Å². The normalized spacial score (nSPS) is 13.3. The zero-order valence-electron chi connectivity index (χ0n) is 11.3. The molecule has 0 unspecified atom stereocenters. The fraction of sp³-hybridized carbons (Fsp3) is 0.333. The van der Waals surface area contributed by atoms with E-state index in [1.807, 2.05) is 13.1 Å². The van der Waals surface area contributed by atoms with Crippen molar-refractivity contribution in [3.05, 3.63) is 45.8 Å². The Labute approximate surface area is 131 Å². The van der Waals surface area contributed by atoms with Crippen LogP contribution in [0.5, 0.6) is 0 Å². The van der Waals surface area contributed by atoms with Gasteiger partial charge in [-0.3, -0.25) is 0 Å². The number of anilines is 1. The van der Waals surface area contributed by atoms with Crippen molar-refractivity contribution in [2.24, 2.45) is 0 Å². The Morgan fingerprint density at radius 3 is 2.90 bits per heavy atom. The van der Waals surface area contributed by atoms with Gasteiger partial charge in [0.2, 0.25) is 0 Å². The number of thioether (sulfide) groups is 1. The van der Waals surface area contributed by atoms with Gasteiger partial charge >= 0.3 is 0 Å². The molecule has 1 heterocycles. The smallest absolute Gasteiger partial charge is 0.141 e. The highest BCUT2D eigenvalue weighted by Crippen LogP contribution is 2.31. The van der Waals surface area contributed by atoms with Crippen LogP contribution < -0.4 is 5.32 Å². The number of aryl methyl sites for hydroxylation is 1. The molecule has 0 radical (unpaired) electrons. The maximum absolute atomic E-state index is 4.72. The van der Waals surface area contributed by atoms with Gasteiger partial charge in [0.25, 0.3) is 0 Å². The SMILES string of the molecule is CNc1nc(CSc2ccccc2Br)nc2c1CCC2. The molecule has 0 fully saturated rings.